The summed E-state index contributed by atoms with van der Waals surface area (Å²) < 4.78 is 16.8. The first-order valence-electron chi connectivity index (χ1n) is 9.04. The third-order valence-electron chi connectivity index (χ3n) is 4.51. The number of methoxy groups -OCH3 is 2. The molecule has 3 aromatic carbocycles. The van der Waals surface area contributed by atoms with Crippen molar-refractivity contribution in [2.75, 3.05) is 14.2 Å². The van der Waals surface area contributed by atoms with E-state index in [1.807, 2.05) is 55.5 Å². The molecule has 1 unspecified atom stereocenters. The molecule has 0 amide bonds. The Morgan fingerprint density at radius 2 is 1.48 bits per heavy atom. The van der Waals surface area contributed by atoms with Crippen LogP contribution in [0, 0.1) is 0 Å². The highest BCUT2D eigenvalue weighted by Crippen LogP contribution is 2.38. The summed E-state index contributed by atoms with van der Waals surface area (Å²) in [5.41, 5.74) is 2.66. The average Bonchev–Trinajstić information content (AvgIpc) is 2.70. The first kappa shape index (κ1) is 21.6. The Kier molecular flexibility index (Phi) is 7.18. The molecule has 0 saturated carbocycles. The van der Waals surface area contributed by atoms with Crippen molar-refractivity contribution in [2.24, 2.45) is 0 Å². The van der Waals surface area contributed by atoms with Crippen LogP contribution in [0.5, 0.6) is 17.2 Å². The highest BCUT2D eigenvalue weighted by Gasteiger charge is 2.16. The smallest absolute Gasteiger partial charge is 0.138 e. The molecule has 0 bridgehead atoms. The molecule has 0 fully saturated rings. The fourth-order valence-corrected chi connectivity index (χ4v) is 3.84. The van der Waals surface area contributed by atoms with E-state index in [2.05, 4.69) is 0 Å². The molecule has 0 aliphatic heterocycles. The summed E-state index contributed by atoms with van der Waals surface area (Å²) >= 11 is 19.1. The lowest BCUT2D eigenvalue weighted by atomic mass is 10.00. The van der Waals surface area contributed by atoms with Crippen molar-refractivity contribution in [3.05, 3.63) is 75.2 Å². The maximum absolute atomic E-state index is 6.60. The number of ether oxygens (including phenoxy) is 3. The SMILES string of the molecule is COc1ccc(-c2cc(OC)c(CC(C)Oc3ccccc3Cl)cc2Cl)cc1Cl. The van der Waals surface area contributed by atoms with E-state index in [1.54, 1.807) is 20.3 Å². The van der Waals surface area contributed by atoms with Crippen molar-refractivity contribution in [1.29, 1.82) is 0 Å². The van der Waals surface area contributed by atoms with Gasteiger partial charge in [0.2, 0.25) is 0 Å². The van der Waals surface area contributed by atoms with Gasteiger partial charge in [0.1, 0.15) is 23.4 Å². The summed E-state index contributed by atoms with van der Waals surface area (Å²) in [5, 5.41) is 1.70. The number of hydrogen-bond acceptors (Lipinski definition) is 3. The molecule has 0 radical (unpaired) electrons. The second kappa shape index (κ2) is 9.62. The Morgan fingerprint density at radius 3 is 2.14 bits per heavy atom. The monoisotopic (exact) mass is 450 g/mol. The van der Waals surface area contributed by atoms with Crippen LogP contribution >= 0.6 is 34.8 Å². The summed E-state index contributed by atoms with van der Waals surface area (Å²) in [4.78, 5) is 0. The standard InChI is InChI=1S/C23H21Cl3O3/c1-14(29-22-7-5-4-6-18(22)24)10-16-12-19(25)17(13-23(16)28-3)15-8-9-21(27-2)20(26)11-15/h4-9,11-14H,10H2,1-3H3. The van der Waals surface area contributed by atoms with E-state index in [0.717, 1.165) is 22.4 Å². The van der Waals surface area contributed by atoms with Gasteiger partial charge in [-0.3, -0.25) is 0 Å². The van der Waals surface area contributed by atoms with Gasteiger partial charge in [-0.25, -0.2) is 0 Å². The molecule has 0 heterocycles. The highest BCUT2D eigenvalue weighted by atomic mass is 35.5. The van der Waals surface area contributed by atoms with Gasteiger partial charge in [-0.05, 0) is 54.4 Å². The van der Waals surface area contributed by atoms with Crippen molar-refractivity contribution < 1.29 is 14.2 Å². The van der Waals surface area contributed by atoms with Crippen LogP contribution < -0.4 is 14.2 Å². The van der Waals surface area contributed by atoms with Crippen molar-refractivity contribution >= 4 is 34.8 Å². The molecule has 1 atom stereocenters. The molecule has 3 aromatic rings. The summed E-state index contributed by atoms with van der Waals surface area (Å²) in [6, 6.07) is 16.8. The van der Waals surface area contributed by atoms with E-state index in [0.29, 0.717) is 33.0 Å². The first-order chi connectivity index (χ1) is 13.9. The number of hydrogen-bond donors (Lipinski definition) is 0. The van der Waals surface area contributed by atoms with Gasteiger partial charge in [0.15, 0.2) is 0 Å². The molecule has 0 spiro atoms. The van der Waals surface area contributed by atoms with Gasteiger partial charge >= 0.3 is 0 Å². The Bertz CT molecular complexity index is 1000. The van der Waals surface area contributed by atoms with Crippen molar-refractivity contribution in [2.45, 2.75) is 19.4 Å². The summed E-state index contributed by atoms with van der Waals surface area (Å²) in [6.45, 7) is 1.98. The van der Waals surface area contributed by atoms with E-state index in [1.165, 1.54) is 0 Å². The number of benzene rings is 3. The minimum Gasteiger partial charge on any atom is -0.496 e. The maximum Gasteiger partial charge on any atom is 0.138 e. The molecule has 29 heavy (non-hydrogen) atoms. The average molecular weight is 452 g/mol. The van der Waals surface area contributed by atoms with Gasteiger partial charge in [-0.1, -0.05) is 53.0 Å². The zero-order valence-corrected chi connectivity index (χ0v) is 18.6. The molecule has 0 aliphatic carbocycles. The fraction of sp³-hybridized carbons (Fsp3) is 0.217. The van der Waals surface area contributed by atoms with Gasteiger partial charge in [-0.15, -0.1) is 0 Å². The molecular formula is C23H21Cl3O3. The van der Waals surface area contributed by atoms with Gasteiger partial charge in [0, 0.05) is 17.0 Å². The normalized spacial score (nSPS) is 11.8. The van der Waals surface area contributed by atoms with Crippen molar-refractivity contribution in [1.82, 2.24) is 0 Å². The van der Waals surface area contributed by atoms with Crippen LogP contribution in [-0.4, -0.2) is 20.3 Å². The lowest BCUT2D eigenvalue weighted by molar-refractivity contribution is 0.221. The van der Waals surface area contributed by atoms with Crippen molar-refractivity contribution in [3.63, 3.8) is 0 Å². The van der Waals surface area contributed by atoms with Crippen LogP contribution in [0.15, 0.2) is 54.6 Å². The lowest BCUT2D eigenvalue weighted by Crippen LogP contribution is -2.16. The Labute approximate surface area is 186 Å². The number of para-hydroxylation sites is 1. The van der Waals surface area contributed by atoms with Crippen LogP contribution in [0.2, 0.25) is 15.1 Å². The van der Waals surface area contributed by atoms with E-state index >= 15 is 0 Å². The predicted octanol–water partition coefficient (Wildman–Crippen LogP) is 7.34. The van der Waals surface area contributed by atoms with Crippen LogP contribution in [0.25, 0.3) is 11.1 Å². The molecule has 3 rings (SSSR count). The van der Waals surface area contributed by atoms with Crippen LogP contribution in [0.1, 0.15) is 12.5 Å². The third kappa shape index (κ3) is 5.11. The second-order valence-corrected chi connectivity index (χ2v) is 7.78. The Hall–Kier alpha value is -2.07. The quantitative estimate of drug-likeness (QED) is 0.376. The number of rotatable bonds is 7. The predicted molar refractivity (Wildman–Crippen MR) is 120 cm³/mol. The maximum atomic E-state index is 6.60. The third-order valence-corrected chi connectivity index (χ3v) is 5.43. The molecule has 152 valence electrons. The summed E-state index contributed by atoms with van der Waals surface area (Å²) in [7, 11) is 3.22. The second-order valence-electron chi connectivity index (χ2n) is 6.56. The molecule has 0 saturated heterocycles. The summed E-state index contributed by atoms with van der Waals surface area (Å²) in [6.07, 6.45) is 0.485. The van der Waals surface area contributed by atoms with Crippen LogP contribution in [0.3, 0.4) is 0 Å². The fourth-order valence-electron chi connectivity index (χ4n) is 3.11. The number of halogens is 3. The highest BCUT2D eigenvalue weighted by molar-refractivity contribution is 6.34. The molecule has 6 heteroatoms. The van der Waals surface area contributed by atoms with E-state index in [-0.39, 0.29) is 6.10 Å². The van der Waals surface area contributed by atoms with Gasteiger partial charge in [0.25, 0.3) is 0 Å². The van der Waals surface area contributed by atoms with Gasteiger partial charge < -0.3 is 14.2 Å². The van der Waals surface area contributed by atoms with Crippen molar-refractivity contribution in [3.8, 4) is 28.4 Å². The Morgan fingerprint density at radius 1 is 0.759 bits per heavy atom. The van der Waals surface area contributed by atoms with Gasteiger partial charge in [-0.2, -0.15) is 0 Å². The zero-order valence-electron chi connectivity index (χ0n) is 16.3. The molecule has 0 aliphatic rings. The van der Waals surface area contributed by atoms with E-state index < -0.39 is 0 Å². The first-order valence-corrected chi connectivity index (χ1v) is 10.2. The zero-order chi connectivity index (χ0) is 21.0. The minimum atomic E-state index is -0.124. The molecule has 0 N–H and O–H groups in total. The van der Waals surface area contributed by atoms with E-state index in [4.69, 9.17) is 49.0 Å². The molecule has 3 nitrogen and oxygen atoms in total. The lowest BCUT2D eigenvalue weighted by Gasteiger charge is -2.19. The van der Waals surface area contributed by atoms with Crippen LogP contribution in [0.4, 0.5) is 0 Å². The summed E-state index contributed by atoms with van der Waals surface area (Å²) in [5.74, 6) is 1.99. The molecular weight excluding hydrogens is 431 g/mol. The molecule has 0 aromatic heterocycles. The van der Waals surface area contributed by atoms with Gasteiger partial charge in [0.05, 0.1) is 24.3 Å². The van der Waals surface area contributed by atoms with Crippen LogP contribution in [-0.2, 0) is 6.42 Å². The Balaban J connectivity index is 1.86. The topological polar surface area (TPSA) is 27.7 Å². The minimum absolute atomic E-state index is 0.124. The van der Waals surface area contributed by atoms with E-state index in [9.17, 15) is 0 Å². The largest absolute Gasteiger partial charge is 0.496 e.